The molecule has 2 aromatic rings. The van der Waals surface area contributed by atoms with Gasteiger partial charge in [-0.15, -0.1) is 0 Å². The third-order valence-electron chi connectivity index (χ3n) is 8.16. The number of hydrogen-bond acceptors (Lipinski definition) is 7. The number of hydrogen-bond donors (Lipinski definition) is 1. The van der Waals surface area contributed by atoms with Gasteiger partial charge in [-0.2, -0.15) is 4.98 Å². The van der Waals surface area contributed by atoms with Crippen molar-refractivity contribution >= 4 is 41.0 Å². The van der Waals surface area contributed by atoms with Crippen molar-refractivity contribution in [2.24, 2.45) is 0 Å². The second kappa shape index (κ2) is 12.0. The zero-order chi connectivity index (χ0) is 32.0. The van der Waals surface area contributed by atoms with Crippen molar-refractivity contribution in [1.29, 1.82) is 0 Å². The molecule has 1 atom stereocenters. The van der Waals surface area contributed by atoms with Crippen LogP contribution in [0.4, 0.5) is 16.0 Å². The highest BCUT2D eigenvalue weighted by Gasteiger charge is 2.38. The van der Waals surface area contributed by atoms with Crippen LogP contribution in [0.15, 0.2) is 76.0 Å². The summed E-state index contributed by atoms with van der Waals surface area (Å²) in [6, 6.07) is 5.49. The van der Waals surface area contributed by atoms with E-state index in [-0.39, 0.29) is 46.1 Å². The number of fused-ring (bicyclic) bond motifs is 1. The lowest BCUT2D eigenvalue weighted by atomic mass is 9.92. The number of nitrogens with zero attached hydrogens (tertiary/aromatic N) is 5. The second-order valence-corrected chi connectivity index (χ2v) is 12.1. The molecule has 1 fully saturated rings. The quantitative estimate of drug-likeness (QED) is 0.426. The summed E-state index contributed by atoms with van der Waals surface area (Å²) in [6.45, 7) is 14.5. The Bertz CT molecular complexity index is 1730. The number of ketones is 1. The van der Waals surface area contributed by atoms with Gasteiger partial charge in [0.05, 0.1) is 21.9 Å². The molecule has 0 unspecified atom stereocenters. The van der Waals surface area contributed by atoms with Crippen molar-refractivity contribution in [3.05, 3.63) is 98.4 Å². The van der Waals surface area contributed by atoms with E-state index in [0.29, 0.717) is 35.9 Å². The fourth-order valence-corrected chi connectivity index (χ4v) is 6.29. The number of hydroxylamine groups is 1. The van der Waals surface area contributed by atoms with Crippen molar-refractivity contribution < 1.29 is 19.2 Å². The molecule has 1 amide bonds. The lowest BCUT2D eigenvalue weighted by Crippen LogP contribution is -2.54. The summed E-state index contributed by atoms with van der Waals surface area (Å²) in [4.78, 5) is 47.6. The van der Waals surface area contributed by atoms with E-state index < -0.39 is 22.9 Å². The number of allylic oxidation sites excluding steroid dienone is 6. The van der Waals surface area contributed by atoms with Crippen molar-refractivity contribution in [2.75, 3.05) is 29.6 Å². The van der Waals surface area contributed by atoms with Crippen LogP contribution in [0.2, 0.25) is 0 Å². The lowest BCUT2D eigenvalue weighted by molar-refractivity contribution is -0.126. The van der Waals surface area contributed by atoms with Gasteiger partial charge in [-0.25, -0.2) is 18.8 Å². The monoisotopic (exact) mass is 619 g/mol. The molecule has 0 spiro atoms. The van der Waals surface area contributed by atoms with Crippen LogP contribution in [0.5, 0.6) is 0 Å². The highest BCUT2D eigenvalue weighted by molar-refractivity contribution is 6.35. The van der Waals surface area contributed by atoms with Gasteiger partial charge in [-0.05, 0) is 54.2 Å². The van der Waals surface area contributed by atoms with Crippen LogP contribution >= 0.6 is 11.6 Å². The molecule has 1 N–H and O–H groups in total. The fourth-order valence-electron chi connectivity index (χ4n) is 6.00. The van der Waals surface area contributed by atoms with E-state index in [0.717, 1.165) is 17.2 Å². The zero-order valence-corrected chi connectivity index (χ0v) is 26.1. The number of aromatic nitrogens is 2. The predicted octanol–water partition coefficient (Wildman–Crippen LogP) is 5.74. The molecular weight excluding hydrogens is 585 g/mol. The minimum Gasteiger partial charge on any atom is -0.350 e. The number of rotatable bonds is 5. The number of amides is 1. The number of carbonyl (C=O) groups excluding carboxylic acids is 2. The van der Waals surface area contributed by atoms with Gasteiger partial charge in [0, 0.05) is 25.7 Å². The van der Waals surface area contributed by atoms with E-state index in [4.69, 9.17) is 11.6 Å². The van der Waals surface area contributed by atoms with Gasteiger partial charge in [-0.1, -0.05) is 70.1 Å². The first-order chi connectivity index (χ1) is 20.9. The Morgan fingerprint density at radius 1 is 1.16 bits per heavy atom. The number of anilines is 2. The summed E-state index contributed by atoms with van der Waals surface area (Å²) < 4.78 is 16.5. The molecule has 230 valence electrons. The molecule has 5 rings (SSSR count). The average molecular weight is 620 g/mol. The Morgan fingerprint density at radius 2 is 1.82 bits per heavy atom. The summed E-state index contributed by atoms with van der Waals surface area (Å²) in [6.07, 6.45) is 6.34. The van der Waals surface area contributed by atoms with Crippen LogP contribution in [0.1, 0.15) is 63.1 Å². The Hall–Kier alpha value is -4.28. The molecule has 3 aliphatic rings. The van der Waals surface area contributed by atoms with E-state index in [1.54, 1.807) is 4.90 Å². The SMILES string of the molecule is C=CC(=O)N1CCN(c2nc(=O)n(-c3c(C(C)C)cccc3C(C)C)c3c2C=C(Cl)C(=C2C(=O)C=CC=C2F)N3O)[C@@H](C)C1. The first-order valence-corrected chi connectivity index (χ1v) is 14.9. The van der Waals surface area contributed by atoms with Crippen molar-refractivity contribution in [3.63, 3.8) is 0 Å². The molecule has 2 aliphatic heterocycles. The van der Waals surface area contributed by atoms with Gasteiger partial charge < -0.3 is 9.80 Å². The van der Waals surface area contributed by atoms with Crippen molar-refractivity contribution in [1.82, 2.24) is 14.5 Å². The number of piperazine rings is 1. The Balaban J connectivity index is 1.85. The largest absolute Gasteiger partial charge is 0.355 e. The Labute approximate surface area is 260 Å². The molecule has 9 nitrogen and oxygen atoms in total. The van der Waals surface area contributed by atoms with Gasteiger partial charge in [0.15, 0.2) is 11.6 Å². The summed E-state index contributed by atoms with van der Waals surface area (Å²) in [5.41, 5.74) is 1.16. The highest BCUT2D eigenvalue weighted by atomic mass is 35.5. The van der Waals surface area contributed by atoms with Crippen LogP contribution in [0, 0.1) is 0 Å². The molecule has 1 aromatic heterocycles. The van der Waals surface area contributed by atoms with Gasteiger partial charge >= 0.3 is 5.69 Å². The summed E-state index contributed by atoms with van der Waals surface area (Å²) in [5.74, 6) is -1.55. The molecule has 0 saturated carbocycles. The highest BCUT2D eigenvalue weighted by Crippen LogP contribution is 2.44. The number of carbonyl (C=O) groups is 2. The van der Waals surface area contributed by atoms with E-state index >= 15 is 4.39 Å². The van der Waals surface area contributed by atoms with Crippen LogP contribution in [-0.2, 0) is 9.59 Å². The Kier molecular flexibility index (Phi) is 8.51. The van der Waals surface area contributed by atoms with Gasteiger partial charge in [0.1, 0.15) is 17.3 Å². The van der Waals surface area contributed by atoms with Crippen LogP contribution in [-0.4, -0.2) is 57.0 Å². The molecule has 1 aliphatic carbocycles. The summed E-state index contributed by atoms with van der Waals surface area (Å²) in [7, 11) is 0. The zero-order valence-electron chi connectivity index (χ0n) is 25.3. The normalized spacial score (nSPS) is 20.3. The van der Waals surface area contributed by atoms with Crippen LogP contribution in [0.25, 0.3) is 11.8 Å². The van der Waals surface area contributed by atoms with Crippen LogP contribution in [0.3, 0.4) is 0 Å². The average Bonchev–Trinajstić information content (AvgIpc) is 2.97. The number of halogens is 2. The molecule has 1 saturated heterocycles. The first kappa shape index (κ1) is 31.2. The van der Waals surface area contributed by atoms with Crippen LogP contribution < -0.4 is 15.7 Å². The molecule has 44 heavy (non-hydrogen) atoms. The molecule has 11 heteroatoms. The third-order valence-corrected chi connectivity index (χ3v) is 8.45. The smallest absolute Gasteiger partial charge is 0.350 e. The lowest BCUT2D eigenvalue weighted by Gasteiger charge is -2.42. The first-order valence-electron chi connectivity index (χ1n) is 14.5. The standard InChI is InChI=1S/C33H35ClFN5O4/c1-7-27(42)37-14-15-38(20(6)17-37)31-23-16-24(34)30(28-25(35)12-9-13-26(28)41)40(44)32(23)39(33(43)36-31)29-21(18(2)3)10-8-11-22(29)19(4)5/h7-13,16,18-20,44H,1,14-15,17H2,2-6H3/t20-/m0/s1. The number of para-hydroxylation sites is 1. The maximum atomic E-state index is 15.2. The minimum atomic E-state index is -0.869. The van der Waals surface area contributed by atoms with Crippen molar-refractivity contribution in [3.8, 4) is 5.69 Å². The fraction of sp³-hybridized carbons (Fsp3) is 0.333. The van der Waals surface area contributed by atoms with E-state index in [1.165, 1.54) is 28.9 Å². The second-order valence-electron chi connectivity index (χ2n) is 11.7. The molecule has 0 radical (unpaired) electrons. The maximum Gasteiger partial charge on any atom is 0.355 e. The molecule has 3 heterocycles. The predicted molar refractivity (Wildman–Crippen MR) is 170 cm³/mol. The van der Waals surface area contributed by atoms with Crippen molar-refractivity contribution in [2.45, 2.75) is 52.5 Å². The summed E-state index contributed by atoms with van der Waals surface area (Å²) >= 11 is 6.74. The minimum absolute atomic E-state index is 0.0143. The molecule has 1 aromatic carbocycles. The van der Waals surface area contributed by atoms with E-state index in [1.807, 2.05) is 57.7 Å². The van der Waals surface area contributed by atoms with Gasteiger partial charge in [-0.3, -0.25) is 14.8 Å². The summed E-state index contributed by atoms with van der Waals surface area (Å²) in [5, 5.41) is 12.5. The topological polar surface area (TPSA) is 99.0 Å². The third kappa shape index (κ3) is 5.22. The number of benzene rings is 1. The van der Waals surface area contributed by atoms with Gasteiger partial charge in [0.2, 0.25) is 5.91 Å². The maximum absolute atomic E-state index is 15.2. The molecular formula is C33H35ClFN5O4. The van der Waals surface area contributed by atoms with E-state index in [9.17, 15) is 19.6 Å². The van der Waals surface area contributed by atoms with E-state index in [2.05, 4.69) is 11.6 Å². The Morgan fingerprint density at radius 3 is 2.39 bits per heavy atom. The van der Waals surface area contributed by atoms with Gasteiger partial charge in [0.25, 0.3) is 0 Å². The molecule has 0 bridgehead atoms.